The first-order valence-corrected chi connectivity index (χ1v) is 6.60. The van der Waals surface area contributed by atoms with E-state index < -0.39 is 0 Å². The largest absolute Gasteiger partial charge is 0.317 e. The number of piperidine rings is 1. The Morgan fingerprint density at radius 3 is 2.78 bits per heavy atom. The van der Waals surface area contributed by atoms with E-state index in [-0.39, 0.29) is 11.8 Å². The molecule has 3 N–H and O–H groups in total. The first-order valence-electron chi connectivity index (χ1n) is 6.60. The van der Waals surface area contributed by atoms with Crippen molar-refractivity contribution in [2.24, 2.45) is 5.92 Å². The molecule has 0 radical (unpaired) electrons. The minimum atomic E-state index is 0.130. The highest BCUT2D eigenvalue weighted by Gasteiger charge is 2.25. The van der Waals surface area contributed by atoms with E-state index in [1.54, 1.807) is 6.20 Å². The zero-order chi connectivity index (χ0) is 12.4. The molecular weight excluding hydrogens is 230 g/mol. The van der Waals surface area contributed by atoms with Crippen molar-refractivity contribution in [3.8, 4) is 0 Å². The topological polar surface area (TPSA) is 71.0 Å². The summed E-state index contributed by atoms with van der Waals surface area (Å²) in [4.78, 5) is 12.2. The summed E-state index contributed by atoms with van der Waals surface area (Å²) < 4.78 is 1.91. The van der Waals surface area contributed by atoms with Gasteiger partial charge in [0, 0.05) is 25.1 Å². The van der Waals surface area contributed by atoms with E-state index in [2.05, 4.69) is 21.0 Å². The Balaban J connectivity index is 1.64. The highest BCUT2D eigenvalue weighted by atomic mass is 16.2. The van der Waals surface area contributed by atoms with Gasteiger partial charge in [0.05, 0.1) is 12.2 Å². The van der Waals surface area contributed by atoms with Gasteiger partial charge < -0.3 is 16.0 Å². The molecule has 0 spiro atoms. The molecule has 6 heteroatoms. The van der Waals surface area contributed by atoms with Gasteiger partial charge in [-0.2, -0.15) is 5.10 Å². The number of nitrogens with one attached hydrogen (secondary N) is 3. The summed E-state index contributed by atoms with van der Waals surface area (Å²) >= 11 is 0. The predicted molar refractivity (Wildman–Crippen MR) is 68.4 cm³/mol. The molecule has 1 aromatic heterocycles. The summed E-state index contributed by atoms with van der Waals surface area (Å²) in [7, 11) is 0. The lowest BCUT2D eigenvalue weighted by molar-refractivity contribution is -0.120. The number of carbonyl (C=O) groups excluding carboxylic acids is 1. The van der Waals surface area contributed by atoms with Crippen LogP contribution in [0.5, 0.6) is 0 Å². The van der Waals surface area contributed by atoms with Crippen molar-refractivity contribution in [2.45, 2.75) is 18.9 Å². The summed E-state index contributed by atoms with van der Waals surface area (Å²) in [6.45, 7) is 3.73. The number of aromatic nitrogens is 2. The van der Waals surface area contributed by atoms with Gasteiger partial charge in [-0.15, -0.1) is 0 Å². The van der Waals surface area contributed by atoms with Crippen LogP contribution in [0, 0.1) is 5.92 Å². The number of anilines is 1. The van der Waals surface area contributed by atoms with Crippen molar-refractivity contribution in [3.63, 3.8) is 0 Å². The summed E-state index contributed by atoms with van der Waals surface area (Å²) in [6.07, 6.45) is 3.59. The zero-order valence-corrected chi connectivity index (χ0v) is 10.4. The molecule has 18 heavy (non-hydrogen) atoms. The summed E-state index contributed by atoms with van der Waals surface area (Å²) in [6, 6.07) is 2.25. The fourth-order valence-corrected chi connectivity index (χ4v) is 2.46. The van der Waals surface area contributed by atoms with Crippen LogP contribution in [-0.2, 0) is 4.79 Å². The second kappa shape index (κ2) is 5.07. The van der Waals surface area contributed by atoms with Crippen molar-refractivity contribution < 1.29 is 4.79 Å². The average Bonchev–Trinajstić information content (AvgIpc) is 2.76. The van der Waals surface area contributed by atoms with Crippen molar-refractivity contribution in [3.05, 3.63) is 12.3 Å². The first-order chi connectivity index (χ1) is 8.84. The highest BCUT2D eigenvalue weighted by molar-refractivity contribution is 5.91. The predicted octanol–water partition coefficient (Wildman–Crippen LogP) is -0.0345. The fourth-order valence-electron chi connectivity index (χ4n) is 2.46. The Morgan fingerprint density at radius 2 is 2.11 bits per heavy atom. The molecule has 3 heterocycles. The molecule has 1 amide bonds. The van der Waals surface area contributed by atoms with E-state index in [0.717, 1.165) is 44.8 Å². The molecule has 0 aliphatic carbocycles. The molecule has 0 atom stereocenters. The minimum absolute atomic E-state index is 0.130. The van der Waals surface area contributed by atoms with Gasteiger partial charge in [-0.25, -0.2) is 4.68 Å². The molecule has 2 fully saturated rings. The normalized spacial score (nSPS) is 21.6. The minimum Gasteiger partial charge on any atom is -0.317 e. The molecule has 1 aromatic rings. The van der Waals surface area contributed by atoms with Crippen LogP contribution in [0.2, 0.25) is 0 Å². The van der Waals surface area contributed by atoms with Gasteiger partial charge in [0.1, 0.15) is 5.82 Å². The van der Waals surface area contributed by atoms with E-state index >= 15 is 0 Å². The van der Waals surface area contributed by atoms with E-state index in [9.17, 15) is 4.79 Å². The van der Waals surface area contributed by atoms with Crippen LogP contribution < -0.4 is 16.0 Å². The molecule has 2 aliphatic heterocycles. The molecule has 0 saturated carbocycles. The standard InChI is InChI=1S/C12H19N5O/c18-12(9-1-4-13-5-2-9)16-11-3-6-15-17(11)10-7-14-8-10/h3,6,9-10,13-14H,1-2,4-5,7-8H2,(H,16,18). The maximum atomic E-state index is 12.2. The Hall–Kier alpha value is -1.40. The van der Waals surface area contributed by atoms with Gasteiger partial charge in [0.15, 0.2) is 0 Å². The third-order valence-electron chi connectivity index (χ3n) is 3.74. The van der Waals surface area contributed by atoms with E-state index in [0.29, 0.717) is 6.04 Å². The van der Waals surface area contributed by atoms with E-state index in [1.165, 1.54) is 0 Å². The Bertz CT molecular complexity index is 420. The van der Waals surface area contributed by atoms with Gasteiger partial charge >= 0.3 is 0 Å². The maximum Gasteiger partial charge on any atom is 0.228 e. The fraction of sp³-hybridized carbons (Fsp3) is 0.667. The quantitative estimate of drug-likeness (QED) is 0.703. The van der Waals surface area contributed by atoms with E-state index in [4.69, 9.17) is 0 Å². The molecule has 2 saturated heterocycles. The number of amides is 1. The molecular formula is C12H19N5O. The highest BCUT2D eigenvalue weighted by Crippen LogP contribution is 2.19. The van der Waals surface area contributed by atoms with Gasteiger partial charge in [0.2, 0.25) is 5.91 Å². The van der Waals surface area contributed by atoms with Crippen molar-refractivity contribution in [2.75, 3.05) is 31.5 Å². The summed E-state index contributed by atoms with van der Waals surface area (Å²) in [5.41, 5.74) is 0. The van der Waals surface area contributed by atoms with Crippen molar-refractivity contribution in [1.29, 1.82) is 0 Å². The number of carbonyl (C=O) groups is 1. The van der Waals surface area contributed by atoms with Crippen LogP contribution in [0.25, 0.3) is 0 Å². The van der Waals surface area contributed by atoms with Gasteiger partial charge in [-0.05, 0) is 25.9 Å². The van der Waals surface area contributed by atoms with E-state index in [1.807, 2.05) is 10.7 Å². The number of rotatable bonds is 3. The average molecular weight is 249 g/mol. The van der Waals surface area contributed by atoms with Crippen LogP contribution in [0.15, 0.2) is 12.3 Å². The number of hydrogen-bond donors (Lipinski definition) is 3. The van der Waals surface area contributed by atoms with Gasteiger partial charge in [-0.3, -0.25) is 4.79 Å². The van der Waals surface area contributed by atoms with Gasteiger partial charge in [0.25, 0.3) is 0 Å². The lowest BCUT2D eigenvalue weighted by Gasteiger charge is -2.29. The Kier molecular flexibility index (Phi) is 3.29. The van der Waals surface area contributed by atoms with Crippen LogP contribution >= 0.6 is 0 Å². The van der Waals surface area contributed by atoms with Crippen molar-refractivity contribution >= 4 is 11.7 Å². The molecule has 98 valence electrons. The zero-order valence-electron chi connectivity index (χ0n) is 10.4. The molecule has 6 nitrogen and oxygen atoms in total. The first kappa shape index (κ1) is 11.7. The van der Waals surface area contributed by atoms with Crippen molar-refractivity contribution in [1.82, 2.24) is 20.4 Å². The Morgan fingerprint density at radius 1 is 1.33 bits per heavy atom. The third kappa shape index (κ3) is 2.26. The van der Waals surface area contributed by atoms with Crippen LogP contribution in [-0.4, -0.2) is 41.9 Å². The second-order valence-electron chi connectivity index (χ2n) is 4.99. The number of hydrogen-bond acceptors (Lipinski definition) is 4. The molecule has 0 aromatic carbocycles. The van der Waals surface area contributed by atoms with Gasteiger partial charge in [-0.1, -0.05) is 0 Å². The third-order valence-corrected chi connectivity index (χ3v) is 3.74. The van der Waals surface area contributed by atoms with Crippen LogP contribution in [0.4, 0.5) is 5.82 Å². The monoisotopic (exact) mass is 249 g/mol. The van der Waals surface area contributed by atoms with Crippen LogP contribution in [0.1, 0.15) is 18.9 Å². The molecule has 0 unspecified atom stereocenters. The smallest absolute Gasteiger partial charge is 0.228 e. The summed E-state index contributed by atoms with van der Waals surface area (Å²) in [5.74, 6) is 1.09. The molecule has 2 aliphatic rings. The number of nitrogens with zero attached hydrogens (tertiary/aromatic N) is 2. The molecule has 0 bridgehead atoms. The Labute approximate surface area is 106 Å². The lowest BCUT2D eigenvalue weighted by atomic mass is 9.97. The maximum absolute atomic E-state index is 12.2. The SMILES string of the molecule is O=C(Nc1ccnn1C1CNC1)C1CCNCC1. The lowest BCUT2D eigenvalue weighted by Crippen LogP contribution is -2.44. The second-order valence-corrected chi connectivity index (χ2v) is 4.99. The summed E-state index contributed by atoms with van der Waals surface area (Å²) in [5, 5.41) is 13.8. The van der Waals surface area contributed by atoms with Crippen LogP contribution in [0.3, 0.4) is 0 Å². The molecule has 3 rings (SSSR count).